The SMILES string of the molecule is COCOC[C@@H](C(=O)OC)N(C(=O)OC(C)(C)C)C(=O)OC(C)(C)C. The zero-order valence-corrected chi connectivity index (χ0v) is 16.2. The summed E-state index contributed by atoms with van der Waals surface area (Å²) in [5.41, 5.74) is -1.77. The predicted octanol–water partition coefficient (Wildman–Crippen LogP) is 2.32. The van der Waals surface area contributed by atoms with Gasteiger partial charge in [0.25, 0.3) is 0 Å². The molecule has 0 aliphatic rings. The molecule has 0 saturated carbocycles. The van der Waals surface area contributed by atoms with E-state index in [9.17, 15) is 14.4 Å². The normalized spacial score (nSPS) is 13.0. The molecule has 0 aromatic heterocycles. The van der Waals surface area contributed by atoms with Gasteiger partial charge in [0.15, 0.2) is 6.04 Å². The fraction of sp³-hybridized carbons (Fsp3) is 0.812. The first kappa shape index (κ1) is 23.1. The molecule has 0 fully saturated rings. The van der Waals surface area contributed by atoms with Crippen LogP contribution in [0.4, 0.5) is 9.59 Å². The number of imide groups is 1. The van der Waals surface area contributed by atoms with Crippen LogP contribution in [0.3, 0.4) is 0 Å². The molecule has 9 nitrogen and oxygen atoms in total. The summed E-state index contributed by atoms with van der Waals surface area (Å²) in [7, 11) is 2.53. The number of nitrogens with zero attached hydrogens (tertiary/aromatic N) is 1. The van der Waals surface area contributed by atoms with Crippen LogP contribution >= 0.6 is 0 Å². The molecule has 0 rings (SSSR count). The molecule has 0 N–H and O–H groups in total. The number of hydrogen-bond acceptors (Lipinski definition) is 8. The number of rotatable bonds is 6. The minimum Gasteiger partial charge on any atom is -0.467 e. The van der Waals surface area contributed by atoms with E-state index in [2.05, 4.69) is 4.74 Å². The average molecular weight is 363 g/mol. The standard InChI is InChI=1S/C16H29NO8/c1-15(2,3)24-13(19)17(14(20)25-16(4,5)6)11(12(18)22-8)9-23-10-21-7/h11H,9-10H2,1-8H3/t11-/m0/s1. The molecule has 0 aliphatic carbocycles. The Morgan fingerprint density at radius 3 is 1.64 bits per heavy atom. The van der Waals surface area contributed by atoms with Gasteiger partial charge in [-0.2, -0.15) is 4.90 Å². The lowest BCUT2D eigenvalue weighted by Crippen LogP contribution is -2.54. The van der Waals surface area contributed by atoms with Crippen molar-refractivity contribution in [3.05, 3.63) is 0 Å². The summed E-state index contributed by atoms with van der Waals surface area (Å²) in [6, 6.07) is -1.38. The van der Waals surface area contributed by atoms with Crippen LogP contribution in [0.1, 0.15) is 41.5 Å². The van der Waals surface area contributed by atoms with Gasteiger partial charge in [0.2, 0.25) is 0 Å². The van der Waals surface area contributed by atoms with Crippen LogP contribution in [0.5, 0.6) is 0 Å². The van der Waals surface area contributed by atoms with Crippen LogP contribution in [0.15, 0.2) is 0 Å². The van der Waals surface area contributed by atoms with Crippen molar-refractivity contribution in [1.29, 1.82) is 0 Å². The largest absolute Gasteiger partial charge is 0.467 e. The van der Waals surface area contributed by atoms with Crippen molar-refractivity contribution in [1.82, 2.24) is 4.90 Å². The first-order valence-electron chi connectivity index (χ1n) is 7.72. The lowest BCUT2D eigenvalue weighted by Gasteiger charge is -2.32. The molecule has 0 bridgehead atoms. The minimum atomic E-state index is -1.38. The summed E-state index contributed by atoms with van der Waals surface area (Å²) in [5, 5.41) is 0. The van der Waals surface area contributed by atoms with Crippen molar-refractivity contribution in [3.63, 3.8) is 0 Å². The topological polar surface area (TPSA) is 101 Å². The summed E-state index contributed by atoms with van der Waals surface area (Å²) in [4.78, 5) is 37.6. The van der Waals surface area contributed by atoms with Gasteiger partial charge in [-0.15, -0.1) is 0 Å². The number of methoxy groups -OCH3 is 2. The van der Waals surface area contributed by atoms with Crippen LogP contribution in [-0.4, -0.2) is 67.9 Å². The van der Waals surface area contributed by atoms with Crippen molar-refractivity contribution in [2.75, 3.05) is 27.6 Å². The van der Waals surface area contributed by atoms with Crippen molar-refractivity contribution in [2.24, 2.45) is 0 Å². The number of ether oxygens (including phenoxy) is 5. The fourth-order valence-electron chi connectivity index (χ4n) is 1.58. The monoisotopic (exact) mass is 363 g/mol. The summed E-state index contributed by atoms with van der Waals surface area (Å²) >= 11 is 0. The quantitative estimate of drug-likeness (QED) is 0.307. The highest BCUT2D eigenvalue weighted by Crippen LogP contribution is 2.17. The third-order valence-electron chi connectivity index (χ3n) is 2.44. The number of carbonyl (C=O) groups is 3. The molecule has 146 valence electrons. The van der Waals surface area contributed by atoms with E-state index in [0.29, 0.717) is 4.90 Å². The average Bonchev–Trinajstić information content (AvgIpc) is 2.41. The molecule has 0 aliphatic heterocycles. The molecule has 0 aromatic rings. The van der Waals surface area contributed by atoms with E-state index in [1.165, 1.54) is 7.11 Å². The molecule has 0 heterocycles. The number of carbonyl (C=O) groups excluding carboxylic acids is 3. The first-order valence-corrected chi connectivity index (χ1v) is 7.72. The molecular formula is C16H29NO8. The van der Waals surface area contributed by atoms with Gasteiger partial charge in [0, 0.05) is 7.11 Å². The van der Waals surface area contributed by atoms with Gasteiger partial charge in [-0.3, -0.25) is 0 Å². The third-order valence-corrected chi connectivity index (χ3v) is 2.44. The molecule has 9 heteroatoms. The maximum absolute atomic E-state index is 12.5. The van der Waals surface area contributed by atoms with Crippen molar-refractivity contribution >= 4 is 18.2 Å². The second-order valence-corrected chi connectivity index (χ2v) is 7.15. The van der Waals surface area contributed by atoms with Crippen molar-refractivity contribution in [2.45, 2.75) is 58.8 Å². The number of amides is 2. The van der Waals surface area contributed by atoms with Crippen molar-refractivity contribution in [3.8, 4) is 0 Å². The van der Waals surface area contributed by atoms with Crippen molar-refractivity contribution < 1.29 is 38.1 Å². The Kier molecular flexibility index (Phi) is 8.86. The Morgan fingerprint density at radius 1 is 0.880 bits per heavy atom. The van der Waals surface area contributed by atoms with E-state index in [0.717, 1.165) is 7.11 Å². The van der Waals surface area contributed by atoms with Gasteiger partial charge < -0.3 is 23.7 Å². The molecule has 0 radical (unpaired) electrons. The number of esters is 1. The predicted molar refractivity (Wildman–Crippen MR) is 87.9 cm³/mol. The molecule has 0 spiro atoms. The van der Waals surface area contributed by atoms with Crippen LogP contribution in [0, 0.1) is 0 Å². The maximum atomic E-state index is 12.5. The number of hydrogen-bond donors (Lipinski definition) is 0. The molecule has 0 unspecified atom stereocenters. The van der Waals surface area contributed by atoms with Gasteiger partial charge in [-0.05, 0) is 41.5 Å². The summed E-state index contributed by atoms with van der Waals surface area (Å²) in [5.74, 6) is -0.854. The second-order valence-electron chi connectivity index (χ2n) is 7.15. The maximum Gasteiger partial charge on any atom is 0.420 e. The molecule has 1 atom stereocenters. The molecule has 0 aromatic carbocycles. The van der Waals surface area contributed by atoms with E-state index in [4.69, 9.17) is 18.9 Å². The van der Waals surface area contributed by atoms with E-state index in [-0.39, 0.29) is 13.4 Å². The summed E-state index contributed by atoms with van der Waals surface area (Å²) < 4.78 is 25.0. The van der Waals surface area contributed by atoms with Gasteiger partial charge in [0.05, 0.1) is 13.7 Å². The lowest BCUT2D eigenvalue weighted by atomic mass is 10.2. The Labute approximate surface area is 148 Å². The third kappa shape index (κ3) is 9.25. The highest BCUT2D eigenvalue weighted by Gasteiger charge is 2.41. The van der Waals surface area contributed by atoms with Crippen LogP contribution in [0.25, 0.3) is 0 Å². The fourth-order valence-corrected chi connectivity index (χ4v) is 1.58. The smallest absolute Gasteiger partial charge is 0.420 e. The Balaban J connectivity index is 5.64. The zero-order valence-electron chi connectivity index (χ0n) is 16.2. The Bertz CT molecular complexity index is 436. The molecule has 2 amide bonds. The van der Waals surface area contributed by atoms with Crippen LogP contribution in [0.2, 0.25) is 0 Å². The lowest BCUT2D eigenvalue weighted by molar-refractivity contribution is -0.151. The molecule has 0 saturated heterocycles. The van der Waals surface area contributed by atoms with Gasteiger partial charge in [-0.25, -0.2) is 14.4 Å². The zero-order chi connectivity index (χ0) is 19.8. The minimum absolute atomic E-state index is 0.135. The second kappa shape index (κ2) is 9.57. The Hall–Kier alpha value is -1.87. The van der Waals surface area contributed by atoms with E-state index in [1.54, 1.807) is 41.5 Å². The van der Waals surface area contributed by atoms with Gasteiger partial charge >= 0.3 is 18.2 Å². The first-order chi connectivity index (χ1) is 11.3. The van der Waals surface area contributed by atoms with Gasteiger partial charge in [0.1, 0.15) is 18.0 Å². The van der Waals surface area contributed by atoms with E-state index in [1.807, 2.05) is 0 Å². The Morgan fingerprint density at radius 2 is 1.32 bits per heavy atom. The van der Waals surface area contributed by atoms with Gasteiger partial charge in [-0.1, -0.05) is 0 Å². The summed E-state index contributed by atoms with van der Waals surface area (Å²) in [6.07, 6.45) is -2.09. The van der Waals surface area contributed by atoms with E-state index < -0.39 is 35.4 Å². The highest BCUT2D eigenvalue weighted by atomic mass is 16.7. The van der Waals surface area contributed by atoms with E-state index >= 15 is 0 Å². The van der Waals surface area contributed by atoms with Crippen LogP contribution in [-0.2, 0) is 28.5 Å². The summed E-state index contributed by atoms with van der Waals surface area (Å²) in [6.45, 7) is 9.32. The van der Waals surface area contributed by atoms with Crippen LogP contribution < -0.4 is 0 Å². The molecule has 25 heavy (non-hydrogen) atoms. The highest BCUT2D eigenvalue weighted by molar-refractivity contribution is 5.94. The molecular weight excluding hydrogens is 334 g/mol.